The van der Waals surface area contributed by atoms with Crippen molar-refractivity contribution >= 4 is 28.3 Å². The number of nitrogens with one attached hydrogen (secondary N) is 2. The molecule has 21 heavy (non-hydrogen) atoms. The molecule has 3 N–H and O–H groups in total. The lowest BCUT2D eigenvalue weighted by atomic mass is 10.2. The van der Waals surface area contributed by atoms with Crippen LogP contribution in [0.3, 0.4) is 0 Å². The van der Waals surface area contributed by atoms with Gasteiger partial charge >= 0.3 is 6.03 Å². The molecule has 2 aromatic carbocycles. The zero-order valence-corrected chi connectivity index (χ0v) is 11.1. The van der Waals surface area contributed by atoms with E-state index in [1.807, 2.05) is 24.3 Å². The van der Waals surface area contributed by atoms with E-state index in [2.05, 4.69) is 15.6 Å². The van der Waals surface area contributed by atoms with Crippen LogP contribution in [-0.2, 0) is 0 Å². The number of nitrogens with zero attached hydrogens (tertiary/aromatic N) is 1. The molecule has 0 saturated carbocycles. The molecule has 0 radical (unpaired) electrons. The van der Waals surface area contributed by atoms with Gasteiger partial charge in [-0.25, -0.2) is 4.79 Å². The van der Waals surface area contributed by atoms with Crippen molar-refractivity contribution in [1.29, 1.82) is 0 Å². The maximum absolute atomic E-state index is 12.0. The highest BCUT2D eigenvalue weighted by atomic mass is 16.3. The Labute approximate surface area is 121 Å². The van der Waals surface area contributed by atoms with E-state index in [1.54, 1.807) is 30.5 Å². The highest BCUT2D eigenvalue weighted by Crippen LogP contribution is 2.23. The molecule has 3 rings (SSSR count). The molecule has 5 nitrogen and oxygen atoms in total. The molecule has 0 saturated heterocycles. The van der Waals surface area contributed by atoms with Gasteiger partial charge in [0.1, 0.15) is 5.75 Å². The van der Waals surface area contributed by atoms with Crippen LogP contribution in [-0.4, -0.2) is 16.1 Å². The first-order valence-corrected chi connectivity index (χ1v) is 6.44. The van der Waals surface area contributed by atoms with E-state index in [0.29, 0.717) is 16.9 Å². The standard InChI is InChI=1S/C16H13N3O2/c20-14-9-2-1-7-12(14)18-16(21)19-13-8-3-5-11-6-4-10-17-15(11)13/h1-10,20H,(H2,18,19,21). The topological polar surface area (TPSA) is 74.2 Å². The Balaban J connectivity index is 1.82. The van der Waals surface area contributed by atoms with Crippen LogP contribution in [0.5, 0.6) is 5.75 Å². The minimum absolute atomic E-state index is 0.0173. The molecule has 0 spiro atoms. The number of hydrogen-bond acceptors (Lipinski definition) is 3. The van der Waals surface area contributed by atoms with Crippen LogP contribution in [0.4, 0.5) is 16.2 Å². The molecule has 0 aliphatic rings. The minimum Gasteiger partial charge on any atom is -0.506 e. The number of phenolic OH excluding ortho intramolecular Hbond substituents is 1. The van der Waals surface area contributed by atoms with E-state index >= 15 is 0 Å². The van der Waals surface area contributed by atoms with Gasteiger partial charge in [-0.05, 0) is 24.3 Å². The molecule has 2 amide bonds. The van der Waals surface area contributed by atoms with E-state index in [4.69, 9.17) is 0 Å². The van der Waals surface area contributed by atoms with Gasteiger partial charge < -0.3 is 15.7 Å². The summed E-state index contributed by atoms with van der Waals surface area (Å²) in [4.78, 5) is 16.3. The second kappa shape index (κ2) is 5.50. The lowest BCUT2D eigenvalue weighted by Crippen LogP contribution is -2.19. The van der Waals surface area contributed by atoms with Gasteiger partial charge in [-0.2, -0.15) is 0 Å². The molecule has 0 aliphatic carbocycles. The summed E-state index contributed by atoms with van der Waals surface area (Å²) in [6.45, 7) is 0. The molecule has 0 bridgehead atoms. The fourth-order valence-electron chi connectivity index (χ4n) is 2.06. The fourth-order valence-corrected chi connectivity index (χ4v) is 2.06. The number of amides is 2. The Morgan fingerprint density at radius 1 is 0.905 bits per heavy atom. The summed E-state index contributed by atoms with van der Waals surface area (Å²) < 4.78 is 0. The minimum atomic E-state index is -0.436. The van der Waals surface area contributed by atoms with Gasteiger partial charge in [-0.15, -0.1) is 0 Å². The summed E-state index contributed by atoms with van der Waals surface area (Å²) in [5, 5.41) is 15.9. The summed E-state index contributed by atoms with van der Waals surface area (Å²) in [5.74, 6) is 0.0173. The third-order valence-corrected chi connectivity index (χ3v) is 3.03. The number of urea groups is 1. The van der Waals surface area contributed by atoms with Gasteiger partial charge in [0.05, 0.1) is 16.9 Å². The van der Waals surface area contributed by atoms with Gasteiger partial charge in [0.15, 0.2) is 0 Å². The maximum Gasteiger partial charge on any atom is 0.323 e. The van der Waals surface area contributed by atoms with Gasteiger partial charge in [0, 0.05) is 11.6 Å². The van der Waals surface area contributed by atoms with Crippen molar-refractivity contribution in [3.05, 3.63) is 60.8 Å². The second-order valence-corrected chi connectivity index (χ2v) is 4.48. The molecule has 0 fully saturated rings. The first-order valence-electron chi connectivity index (χ1n) is 6.44. The summed E-state index contributed by atoms with van der Waals surface area (Å²) in [6.07, 6.45) is 1.68. The first kappa shape index (κ1) is 12.9. The average Bonchev–Trinajstić information content (AvgIpc) is 2.50. The zero-order valence-electron chi connectivity index (χ0n) is 11.1. The molecule has 0 unspecified atom stereocenters. The number of phenols is 1. The summed E-state index contributed by atoms with van der Waals surface area (Å²) in [6, 6.07) is 15.4. The van der Waals surface area contributed by atoms with Gasteiger partial charge in [-0.1, -0.05) is 30.3 Å². The number of fused-ring (bicyclic) bond motifs is 1. The zero-order chi connectivity index (χ0) is 14.7. The number of pyridine rings is 1. The quantitative estimate of drug-likeness (QED) is 0.628. The molecular formula is C16H13N3O2. The summed E-state index contributed by atoms with van der Waals surface area (Å²) >= 11 is 0. The molecule has 3 aromatic rings. The van der Waals surface area contributed by atoms with Gasteiger partial charge in [-0.3, -0.25) is 4.98 Å². The molecule has 1 aromatic heterocycles. The molecule has 0 aliphatic heterocycles. The Morgan fingerprint density at radius 3 is 2.48 bits per heavy atom. The fraction of sp³-hybridized carbons (Fsp3) is 0. The smallest absolute Gasteiger partial charge is 0.323 e. The second-order valence-electron chi connectivity index (χ2n) is 4.48. The van der Waals surface area contributed by atoms with E-state index in [0.717, 1.165) is 5.39 Å². The van der Waals surface area contributed by atoms with Crippen molar-refractivity contribution < 1.29 is 9.90 Å². The van der Waals surface area contributed by atoms with Crippen LogP contribution in [0.25, 0.3) is 10.9 Å². The van der Waals surface area contributed by atoms with E-state index in [1.165, 1.54) is 6.07 Å². The normalized spacial score (nSPS) is 10.3. The van der Waals surface area contributed by atoms with Gasteiger partial charge in [0.25, 0.3) is 0 Å². The molecule has 1 heterocycles. The monoisotopic (exact) mass is 279 g/mol. The lowest BCUT2D eigenvalue weighted by molar-refractivity contribution is 0.262. The number of rotatable bonds is 2. The Bertz CT molecular complexity index is 797. The Kier molecular flexibility index (Phi) is 3.39. The van der Waals surface area contributed by atoms with E-state index in [9.17, 15) is 9.90 Å². The highest BCUT2D eigenvalue weighted by Gasteiger charge is 2.08. The number of anilines is 2. The van der Waals surface area contributed by atoms with Crippen molar-refractivity contribution in [1.82, 2.24) is 4.98 Å². The number of aromatic nitrogens is 1. The van der Waals surface area contributed by atoms with Crippen molar-refractivity contribution in [2.24, 2.45) is 0 Å². The first-order chi connectivity index (χ1) is 10.2. The van der Waals surface area contributed by atoms with Crippen molar-refractivity contribution in [2.75, 3.05) is 10.6 Å². The SMILES string of the molecule is O=C(Nc1ccccc1O)Nc1cccc2cccnc12. The molecular weight excluding hydrogens is 266 g/mol. The van der Waals surface area contributed by atoms with Crippen LogP contribution in [0.1, 0.15) is 0 Å². The largest absolute Gasteiger partial charge is 0.506 e. The van der Waals surface area contributed by atoms with Crippen molar-refractivity contribution in [3.63, 3.8) is 0 Å². The molecule has 0 atom stereocenters. The predicted molar refractivity (Wildman–Crippen MR) is 82.5 cm³/mol. The van der Waals surface area contributed by atoms with Crippen LogP contribution in [0.15, 0.2) is 60.8 Å². The predicted octanol–water partition coefficient (Wildman–Crippen LogP) is 3.58. The number of para-hydroxylation sites is 3. The summed E-state index contributed by atoms with van der Waals surface area (Å²) in [7, 11) is 0. The maximum atomic E-state index is 12.0. The van der Waals surface area contributed by atoms with Crippen LogP contribution >= 0.6 is 0 Å². The van der Waals surface area contributed by atoms with Crippen LogP contribution in [0, 0.1) is 0 Å². The molecule has 104 valence electrons. The number of hydrogen-bond donors (Lipinski definition) is 3. The highest BCUT2D eigenvalue weighted by molar-refractivity contribution is 6.05. The lowest BCUT2D eigenvalue weighted by Gasteiger charge is -2.10. The number of carbonyl (C=O) groups excluding carboxylic acids is 1. The van der Waals surface area contributed by atoms with E-state index < -0.39 is 6.03 Å². The van der Waals surface area contributed by atoms with Crippen molar-refractivity contribution in [2.45, 2.75) is 0 Å². The van der Waals surface area contributed by atoms with Gasteiger partial charge in [0.2, 0.25) is 0 Å². The average molecular weight is 279 g/mol. The summed E-state index contributed by atoms with van der Waals surface area (Å²) in [5.41, 5.74) is 1.68. The third kappa shape index (κ3) is 2.76. The van der Waals surface area contributed by atoms with Crippen molar-refractivity contribution in [3.8, 4) is 5.75 Å². The third-order valence-electron chi connectivity index (χ3n) is 3.03. The molecule has 5 heteroatoms. The van der Waals surface area contributed by atoms with E-state index in [-0.39, 0.29) is 5.75 Å². The number of aromatic hydroxyl groups is 1. The number of carbonyl (C=O) groups is 1. The number of benzene rings is 2. The van der Waals surface area contributed by atoms with Crippen LogP contribution in [0.2, 0.25) is 0 Å². The Hall–Kier alpha value is -3.08. The van der Waals surface area contributed by atoms with Crippen LogP contribution < -0.4 is 10.6 Å². The Morgan fingerprint density at radius 2 is 1.62 bits per heavy atom.